The molecule has 1 heterocycles. The topological polar surface area (TPSA) is 77.5 Å². The normalized spacial score (nSPS) is 17.3. The van der Waals surface area contributed by atoms with E-state index in [2.05, 4.69) is 20.1 Å². The average Bonchev–Trinajstić information content (AvgIpc) is 2.15. The minimum atomic E-state index is -4.10. The van der Waals surface area contributed by atoms with Crippen molar-refractivity contribution in [1.29, 1.82) is 0 Å². The summed E-state index contributed by atoms with van der Waals surface area (Å²) in [4.78, 5) is -0.392. The zero-order valence-corrected chi connectivity index (χ0v) is 11.9. The molecule has 0 fully saturated rings. The molecule has 0 amide bonds. The number of hydrogen-bond donors (Lipinski definition) is 0. The molecule has 0 saturated carbocycles. The molecule has 1 aliphatic heterocycles. The Balaban J connectivity index is 2.82. The first kappa shape index (κ1) is 12.9. The molecular weight excluding hydrogens is 356 g/mol. The fourth-order valence-electron chi connectivity index (χ4n) is 1.28. The summed E-state index contributed by atoms with van der Waals surface area (Å²) in [6.07, 6.45) is 1.24. The summed E-state index contributed by atoms with van der Waals surface area (Å²) in [6.45, 7) is 0. The van der Waals surface area contributed by atoms with Gasteiger partial charge in [0, 0.05) is 20.7 Å². The van der Waals surface area contributed by atoms with E-state index in [0.29, 0.717) is 10.0 Å². The lowest BCUT2D eigenvalue weighted by Crippen LogP contribution is -2.12. The van der Waals surface area contributed by atoms with Gasteiger partial charge >= 0.3 is 10.1 Å². The lowest BCUT2D eigenvalue weighted by Gasteiger charge is -2.14. The van der Waals surface area contributed by atoms with Crippen LogP contribution in [0.5, 0.6) is 5.75 Å². The molecule has 0 aromatic heterocycles. The summed E-state index contributed by atoms with van der Waals surface area (Å²) >= 11 is 3.10. The van der Waals surface area contributed by atoms with E-state index in [9.17, 15) is 16.8 Å². The summed E-state index contributed by atoms with van der Waals surface area (Å²) in [5, 5.41) is 0.840. The largest absolute Gasteiger partial charge is 0.377 e. The highest BCUT2D eigenvalue weighted by molar-refractivity contribution is 9.10. The minimum Gasteiger partial charge on any atom is -0.377 e. The first-order valence-corrected chi connectivity index (χ1v) is 8.67. The van der Waals surface area contributed by atoms with Crippen molar-refractivity contribution in [1.82, 2.24) is 0 Å². The molecule has 0 N–H and O–H groups in total. The molecule has 9 heteroatoms. The molecular formula is C8H4BrClO5S2. The van der Waals surface area contributed by atoms with E-state index >= 15 is 0 Å². The monoisotopic (exact) mass is 358 g/mol. The first-order chi connectivity index (χ1) is 7.69. The predicted octanol–water partition coefficient (Wildman–Crippen LogP) is 2.07. The Hall–Kier alpha value is -0.570. The van der Waals surface area contributed by atoms with E-state index in [0.717, 1.165) is 5.41 Å². The Morgan fingerprint density at radius 1 is 1.29 bits per heavy atom. The molecule has 92 valence electrons. The van der Waals surface area contributed by atoms with Gasteiger partial charge in [0.2, 0.25) is 0 Å². The van der Waals surface area contributed by atoms with Gasteiger partial charge in [-0.1, -0.05) is 15.9 Å². The molecule has 17 heavy (non-hydrogen) atoms. The average molecular weight is 360 g/mol. The van der Waals surface area contributed by atoms with Crippen molar-refractivity contribution in [3.8, 4) is 5.75 Å². The van der Waals surface area contributed by atoms with Crippen LogP contribution in [0.4, 0.5) is 0 Å². The van der Waals surface area contributed by atoms with Gasteiger partial charge in [0.15, 0.2) is 5.75 Å². The van der Waals surface area contributed by atoms with E-state index < -0.39 is 24.1 Å². The van der Waals surface area contributed by atoms with Crippen LogP contribution >= 0.6 is 26.6 Å². The van der Waals surface area contributed by atoms with E-state index in [1.807, 2.05) is 0 Å². The van der Waals surface area contributed by atoms with Gasteiger partial charge in [-0.15, -0.1) is 0 Å². The molecule has 0 bridgehead atoms. The SMILES string of the molecule is O=S1(=O)C=Cc2cc(Br)cc(S(=O)(=O)Cl)c2O1. The predicted molar refractivity (Wildman–Crippen MR) is 65.8 cm³/mol. The van der Waals surface area contributed by atoms with Gasteiger partial charge in [0.1, 0.15) is 4.90 Å². The van der Waals surface area contributed by atoms with E-state index in [1.54, 1.807) is 0 Å². The van der Waals surface area contributed by atoms with E-state index in [-0.39, 0.29) is 5.75 Å². The highest BCUT2D eigenvalue weighted by Gasteiger charge is 2.26. The van der Waals surface area contributed by atoms with Crippen molar-refractivity contribution in [3.63, 3.8) is 0 Å². The molecule has 0 aliphatic carbocycles. The molecule has 0 unspecified atom stereocenters. The van der Waals surface area contributed by atoms with E-state index in [4.69, 9.17) is 10.7 Å². The van der Waals surface area contributed by atoms with Crippen molar-refractivity contribution in [2.45, 2.75) is 4.90 Å². The zero-order chi connectivity index (χ0) is 12.8. The summed E-state index contributed by atoms with van der Waals surface area (Å²) < 4.78 is 50.1. The van der Waals surface area contributed by atoms with Crippen LogP contribution in [0.15, 0.2) is 26.9 Å². The van der Waals surface area contributed by atoms with Crippen LogP contribution in [0.3, 0.4) is 0 Å². The molecule has 1 aliphatic rings. The third-order valence-corrected chi connectivity index (χ3v) is 4.58. The van der Waals surface area contributed by atoms with Gasteiger partial charge in [0.25, 0.3) is 9.05 Å². The Labute approximate surface area is 111 Å². The molecule has 0 spiro atoms. The highest BCUT2D eigenvalue weighted by Crippen LogP contribution is 2.37. The first-order valence-electron chi connectivity index (χ1n) is 4.10. The van der Waals surface area contributed by atoms with Crippen molar-refractivity contribution in [3.05, 3.63) is 27.6 Å². The van der Waals surface area contributed by atoms with Crippen LogP contribution in [-0.4, -0.2) is 16.8 Å². The Bertz CT molecular complexity index is 721. The maximum absolute atomic E-state index is 11.3. The molecule has 0 saturated heterocycles. The summed E-state index contributed by atoms with van der Waals surface area (Å²) in [5.41, 5.74) is 0.313. The number of rotatable bonds is 1. The number of halogens is 2. The van der Waals surface area contributed by atoms with Gasteiger partial charge in [-0.05, 0) is 18.2 Å². The second-order valence-electron chi connectivity index (χ2n) is 3.14. The smallest absolute Gasteiger partial charge is 0.332 e. The number of benzene rings is 1. The van der Waals surface area contributed by atoms with Gasteiger partial charge in [0.05, 0.1) is 5.41 Å². The fraction of sp³-hybridized carbons (Fsp3) is 0. The Morgan fingerprint density at radius 3 is 2.53 bits per heavy atom. The lowest BCUT2D eigenvalue weighted by molar-refractivity contribution is 0.486. The summed E-state index contributed by atoms with van der Waals surface area (Å²) in [6, 6.07) is 2.70. The molecule has 2 rings (SSSR count). The second kappa shape index (κ2) is 3.98. The molecule has 5 nitrogen and oxygen atoms in total. The molecule has 1 aromatic rings. The number of hydrogen-bond acceptors (Lipinski definition) is 5. The highest BCUT2D eigenvalue weighted by atomic mass is 79.9. The van der Waals surface area contributed by atoms with Crippen LogP contribution in [0.2, 0.25) is 0 Å². The Morgan fingerprint density at radius 2 is 1.94 bits per heavy atom. The van der Waals surface area contributed by atoms with Crippen LogP contribution in [0.25, 0.3) is 6.08 Å². The maximum atomic E-state index is 11.3. The third kappa shape index (κ3) is 2.65. The van der Waals surface area contributed by atoms with Crippen LogP contribution in [0, 0.1) is 0 Å². The van der Waals surface area contributed by atoms with E-state index in [1.165, 1.54) is 18.2 Å². The van der Waals surface area contributed by atoms with Crippen LogP contribution < -0.4 is 4.18 Å². The van der Waals surface area contributed by atoms with Gasteiger partial charge in [-0.3, -0.25) is 0 Å². The molecule has 0 atom stereocenters. The van der Waals surface area contributed by atoms with Crippen LogP contribution in [-0.2, 0) is 19.2 Å². The third-order valence-electron chi connectivity index (χ3n) is 1.92. The maximum Gasteiger partial charge on any atom is 0.332 e. The van der Waals surface area contributed by atoms with Gasteiger partial charge in [-0.25, -0.2) is 8.42 Å². The standard InChI is InChI=1S/C8H4BrClO5S2/c9-6-3-5-1-2-16(11,12)15-8(5)7(4-6)17(10,13)14/h1-4H. The summed E-state index contributed by atoms with van der Waals surface area (Å²) in [5.74, 6) is -0.286. The van der Waals surface area contributed by atoms with Crippen molar-refractivity contribution >= 4 is 51.9 Å². The Kier molecular flexibility index (Phi) is 3.01. The second-order valence-corrected chi connectivity index (χ2v) is 8.01. The lowest BCUT2D eigenvalue weighted by atomic mass is 10.2. The van der Waals surface area contributed by atoms with Crippen molar-refractivity contribution < 1.29 is 21.0 Å². The summed E-state index contributed by atoms with van der Waals surface area (Å²) in [7, 11) is -2.80. The van der Waals surface area contributed by atoms with Gasteiger partial charge < -0.3 is 4.18 Å². The molecule has 1 aromatic carbocycles. The van der Waals surface area contributed by atoms with Crippen molar-refractivity contribution in [2.75, 3.05) is 0 Å². The molecule has 0 radical (unpaired) electrons. The number of fused-ring (bicyclic) bond motifs is 1. The fourth-order valence-corrected chi connectivity index (χ4v) is 3.74. The van der Waals surface area contributed by atoms with Crippen molar-refractivity contribution in [2.24, 2.45) is 0 Å². The quantitative estimate of drug-likeness (QED) is 0.566. The van der Waals surface area contributed by atoms with Crippen LogP contribution in [0.1, 0.15) is 5.56 Å². The zero-order valence-electron chi connectivity index (χ0n) is 7.92. The minimum absolute atomic E-state index is 0.286. The van der Waals surface area contributed by atoms with Gasteiger partial charge in [-0.2, -0.15) is 8.42 Å².